The van der Waals surface area contributed by atoms with Gasteiger partial charge in [-0.3, -0.25) is 9.56 Å². The zero-order valence-corrected chi connectivity index (χ0v) is 18.8. The molecule has 0 amide bonds. The van der Waals surface area contributed by atoms with Crippen LogP contribution in [0, 0.1) is 13.8 Å². The van der Waals surface area contributed by atoms with Gasteiger partial charge < -0.3 is 10.6 Å². The molecule has 9 heteroatoms. The van der Waals surface area contributed by atoms with Gasteiger partial charge in [0.25, 0.3) is 0 Å². The topological polar surface area (TPSA) is 80.0 Å². The van der Waals surface area contributed by atoms with Gasteiger partial charge in [-0.05, 0) is 31.5 Å². The standard InChI is InChI=1S/C18H23N7S.HI/c1-13-14(2)26-17(24-13)5-7-22-18(19-3)23-11-15-4-6-21-16(10-15)25-9-8-20-12-25;/h4,6,8-10,12H,5,7,11H2,1-3H3,(H2,19,22,23);1H. The third-order valence-electron chi connectivity index (χ3n) is 3.97. The molecule has 0 bridgehead atoms. The fourth-order valence-electron chi connectivity index (χ4n) is 2.45. The molecule has 0 atom stereocenters. The van der Waals surface area contributed by atoms with E-state index in [-0.39, 0.29) is 24.0 Å². The van der Waals surface area contributed by atoms with E-state index < -0.39 is 0 Å². The summed E-state index contributed by atoms with van der Waals surface area (Å²) in [5.74, 6) is 1.62. The number of pyridine rings is 1. The number of aromatic nitrogens is 4. The molecular formula is C18H24IN7S. The minimum absolute atomic E-state index is 0. The third kappa shape index (κ3) is 5.99. The number of nitrogens with one attached hydrogen (secondary N) is 2. The Morgan fingerprint density at radius 1 is 1.26 bits per heavy atom. The van der Waals surface area contributed by atoms with Crippen LogP contribution in [0.5, 0.6) is 0 Å². The van der Waals surface area contributed by atoms with Gasteiger partial charge >= 0.3 is 0 Å². The van der Waals surface area contributed by atoms with Gasteiger partial charge in [-0.2, -0.15) is 0 Å². The SMILES string of the molecule is CN=C(NCCc1nc(C)c(C)s1)NCc1ccnc(-n2ccnc2)c1.I. The van der Waals surface area contributed by atoms with E-state index in [1.165, 1.54) is 4.88 Å². The molecule has 3 rings (SSSR count). The maximum atomic E-state index is 4.56. The van der Waals surface area contributed by atoms with Gasteiger partial charge in [0.15, 0.2) is 5.96 Å². The summed E-state index contributed by atoms with van der Waals surface area (Å²) >= 11 is 1.76. The highest BCUT2D eigenvalue weighted by Crippen LogP contribution is 2.16. The van der Waals surface area contributed by atoms with Gasteiger partial charge in [-0.25, -0.2) is 15.0 Å². The first kappa shape index (κ1) is 21.3. The van der Waals surface area contributed by atoms with Gasteiger partial charge in [0.2, 0.25) is 0 Å². The van der Waals surface area contributed by atoms with Crippen molar-refractivity contribution in [1.82, 2.24) is 30.2 Å². The second-order valence-electron chi connectivity index (χ2n) is 5.84. The maximum Gasteiger partial charge on any atom is 0.191 e. The van der Waals surface area contributed by atoms with Crippen LogP contribution in [0.2, 0.25) is 0 Å². The molecule has 0 aromatic carbocycles. The van der Waals surface area contributed by atoms with Gasteiger partial charge in [-0.15, -0.1) is 35.3 Å². The normalized spacial score (nSPS) is 11.1. The van der Waals surface area contributed by atoms with Gasteiger partial charge in [0, 0.05) is 50.0 Å². The van der Waals surface area contributed by atoms with Gasteiger partial charge in [0.1, 0.15) is 12.1 Å². The summed E-state index contributed by atoms with van der Waals surface area (Å²) in [6, 6.07) is 4.02. The minimum atomic E-state index is 0. The lowest BCUT2D eigenvalue weighted by molar-refractivity contribution is 0.789. The number of halogens is 1. The van der Waals surface area contributed by atoms with Crippen LogP contribution in [0.15, 0.2) is 42.0 Å². The fourth-order valence-corrected chi connectivity index (χ4v) is 3.38. The smallest absolute Gasteiger partial charge is 0.191 e. The molecule has 0 aliphatic carbocycles. The van der Waals surface area contributed by atoms with Crippen molar-refractivity contribution < 1.29 is 0 Å². The number of nitrogens with zero attached hydrogens (tertiary/aromatic N) is 5. The van der Waals surface area contributed by atoms with Crippen molar-refractivity contribution in [2.45, 2.75) is 26.8 Å². The van der Waals surface area contributed by atoms with Crippen molar-refractivity contribution in [3.05, 3.63) is 58.2 Å². The van der Waals surface area contributed by atoms with E-state index in [0.29, 0.717) is 6.54 Å². The first-order chi connectivity index (χ1) is 12.7. The lowest BCUT2D eigenvalue weighted by Gasteiger charge is -2.12. The molecule has 27 heavy (non-hydrogen) atoms. The Bertz CT molecular complexity index is 854. The van der Waals surface area contributed by atoms with Crippen LogP contribution in [0.25, 0.3) is 5.82 Å². The molecule has 0 spiro atoms. The maximum absolute atomic E-state index is 4.56. The highest BCUT2D eigenvalue weighted by atomic mass is 127. The second-order valence-corrected chi connectivity index (χ2v) is 7.13. The number of imidazole rings is 1. The first-order valence-corrected chi connectivity index (χ1v) is 9.28. The Morgan fingerprint density at radius 2 is 2.11 bits per heavy atom. The average molecular weight is 497 g/mol. The second kappa shape index (κ2) is 10.4. The zero-order chi connectivity index (χ0) is 18.4. The van der Waals surface area contributed by atoms with E-state index in [1.54, 1.807) is 37.1 Å². The van der Waals surface area contributed by atoms with E-state index >= 15 is 0 Å². The van der Waals surface area contributed by atoms with Gasteiger partial charge in [0.05, 0.1) is 10.7 Å². The average Bonchev–Trinajstić information content (AvgIpc) is 3.29. The number of hydrogen-bond donors (Lipinski definition) is 2. The monoisotopic (exact) mass is 497 g/mol. The Hall–Kier alpha value is -2.01. The molecular weight excluding hydrogens is 473 g/mol. The predicted octanol–water partition coefficient (Wildman–Crippen LogP) is 2.87. The van der Waals surface area contributed by atoms with Crippen molar-refractivity contribution in [3.63, 3.8) is 0 Å². The van der Waals surface area contributed by atoms with Crippen molar-refractivity contribution in [3.8, 4) is 5.82 Å². The lowest BCUT2D eigenvalue weighted by atomic mass is 10.2. The quantitative estimate of drug-likeness (QED) is 0.311. The third-order valence-corrected chi connectivity index (χ3v) is 5.10. The number of guanidine groups is 1. The van der Waals surface area contributed by atoms with E-state index in [9.17, 15) is 0 Å². The molecule has 0 radical (unpaired) electrons. The Labute approximate surface area is 180 Å². The Morgan fingerprint density at radius 3 is 2.78 bits per heavy atom. The Balaban J connectivity index is 0.00000261. The molecule has 0 fully saturated rings. The molecule has 0 saturated carbocycles. The number of rotatable bonds is 6. The number of hydrogen-bond acceptors (Lipinski definition) is 5. The summed E-state index contributed by atoms with van der Waals surface area (Å²) in [5, 5.41) is 7.82. The number of thiazole rings is 1. The summed E-state index contributed by atoms with van der Waals surface area (Å²) in [6.45, 7) is 5.62. The van der Waals surface area contributed by atoms with Crippen LogP contribution >= 0.6 is 35.3 Å². The number of aryl methyl sites for hydroxylation is 2. The zero-order valence-electron chi connectivity index (χ0n) is 15.6. The highest BCUT2D eigenvalue weighted by Gasteiger charge is 2.05. The van der Waals surface area contributed by atoms with Gasteiger partial charge in [-0.1, -0.05) is 0 Å². The minimum Gasteiger partial charge on any atom is -0.356 e. The van der Waals surface area contributed by atoms with Crippen LogP contribution in [0.1, 0.15) is 21.1 Å². The number of aliphatic imine (C=N–C) groups is 1. The fraction of sp³-hybridized carbons (Fsp3) is 0.333. The summed E-state index contributed by atoms with van der Waals surface area (Å²) < 4.78 is 1.88. The van der Waals surface area contributed by atoms with Crippen LogP contribution in [-0.2, 0) is 13.0 Å². The Kier molecular flexibility index (Phi) is 8.17. The van der Waals surface area contributed by atoms with E-state index in [1.807, 2.05) is 22.9 Å². The van der Waals surface area contributed by atoms with E-state index in [2.05, 4.69) is 44.4 Å². The van der Waals surface area contributed by atoms with E-state index in [0.717, 1.165) is 41.0 Å². The first-order valence-electron chi connectivity index (χ1n) is 8.46. The molecule has 3 aromatic rings. The van der Waals surface area contributed by atoms with Crippen molar-refractivity contribution in [2.24, 2.45) is 4.99 Å². The molecule has 3 aromatic heterocycles. The predicted molar refractivity (Wildman–Crippen MR) is 120 cm³/mol. The van der Waals surface area contributed by atoms with Crippen molar-refractivity contribution in [2.75, 3.05) is 13.6 Å². The summed E-state index contributed by atoms with van der Waals surface area (Å²) in [5.41, 5.74) is 2.25. The van der Waals surface area contributed by atoms with Crippen LogP contribution in [0.3, 0.4) is 0 Å². The summed E-state index contributed by atoms with van der Waals surface area (Å²) in [7, 11) is 1.77. The molecule has 0 unspecified atom stereocenters. The largest absolute Gasteiger partial charge is 0.356 e. The molecule has 0 aliphatic rings. The molecule has 144 valence electrons. The van der Waals surface area contributed by atoms with Crippen LogP contribution < -0.4 is 10.6 Å². The summed E-state index contributed by atoms with van der Waals surface area (Å²) in [6.07, 6.45) is 8.05. The summed E-state index contributed by atoms with van der Waals surface area (Å²) in [4.78, 5) is 18.5. The van der Waals surface area contributed by atoms with Crippen LogP contribution in [0.4, 0.5) is 0 Å². The lowest BCUT2D eigenvalue weighted by Crippen LogP contribution is -2.37. The van der Waals surface area contributed by atoms with E-state index in [4.69, 9.17) is 0 Å². The molecule has 0 aliphatic heterocycles. The van der Waals surface area contributed by atoms with Crippen LogP contribution in [-0.4, -0.2) is 39.1 Å². The molecule has 7 nitrogen and oxygen atoms in total. The van der Waals surface area contributed by atoms with Crippen molar-refractivity contribution >= 4 is 41.3 Å². The van der Waals surface area contributed by atoms with Crippen molar-refractivity contribution in [1.29, 1.82) is 0 Å². The molecule has 0 saturated heterocycles. The molecule has 3 heterocycles. The molecule has 2 N–H and O–H groups in total. The highest BCUT2D eigenvalue weighted by molar-refractivity contribution is 14.0.